The summed E-state index contributed by atoms with van der Waals surface area (Å²) in [4.78, 5) is 145. The summed E-state index contributed by atoms with van der Waals surface area (Å²) in [6, 6.07) is -1.44. The highest BCUT2D eigenvalue weighted by atomic mass is 16.7. The third-order valence-electron chi connectivity index (χ3n) is 6.55. The Kier molecular flexibility index (Phi) is 12.6. The largest absolute Gasteiger partial charge is 0.356 e. The van der Waals surface area contributed by atoms with Crippen molar-refractivity contribution in [2.75, 3.05) is 6.54 Å². The van der Waals surface area contributed by atoms with E-state index in [2.05, 4.69) is 25.6 Å². The van der Waals surface area contributed by atoms with E-state index in [0.29, 0.717) is 10.1 Å². The third kappa shape index (κ3) is 10.7. The van der Waals surface area contributed by atoms with Crippen LogP contribution in [0.3, 0.4) is 0 Å². The van der Waals surface area contributed by atoms with Gasteiger partial charge in [0.15, 0.2) is 5.96 Å². The Morgan fingerprint density at radius 1 is 0.617 bits per heavy atom. The fourth-order valence-corrected chi connectivity index (χ4v) is 4.13. The number of carbonyl (C=O) groups excluding carboxylic acids is 11. The van der Waals surface area contributed by atoms with E-state index in [-0.39, 0.29) is 63.0 Å². The van der Waals surface area contributed by atoms with Gasteiger partial charge in [-0.25, -0.2) is 14.4 Å². The van der Waals surface area contributed by atoms with E-state index < -0.39 is 103 Å². The lowest BCUT2D eigenvalue weighted by Gasteiger charge is -2.20. The second kappa shape index (κ2) is 16.5. The Bertz CT molecular complexity index is 1350. The number of carbonyl (C=O) groups is 11. The summed E-state index contributed by atoms with van der Waals surface area (Å²) >= 11 is 0. The molecule has 0 aromatic rings. The molecule has 0 aromatic heterocycles. The minimum Gasteiger partial charge on any atom is -0.356 e. The zero-order valence-corrected chi connectivity index (χ0v) is 24.8. The van der Waals surface area contributed by atoms with Crippen molar-refractivity contribution < 1.29 is 67.3 Å². The molecular formula is C26H31N7O14. The fraction of sp³-hybridized carbons (Fsp3) is 0.538. The van der Waals surface area contributed by atoms with Crippen LogP contribution in [-0.2, 0) is 67.3 Å². The van der Waals surface area contributed by atoms with Gasteiger partial charge in [0.2, 0.25) is 11.8 Å². The maximum atomic E-state index is 12.8. The molecule has 3 aliphatic heterocycles. The summed E-state index contributed by atoms with van der Waals surface area (Å²) < 4.78 is 0. The maximum Gasteiger partial charge on any atom is 0.355 e. The van der Waals surface area contributed by atoms with Crippen molar-refractivity contribution in [3.05, 3.63) is 0 Å². The summed E-state index contributed by atoms with van der Waals surface area (Å²) in [5, 5.41) is 15.7. The fourth-order valence-electron chi connectivity index (χ4n) is 4.13. The zero-order chi connectivity index (χ0) is 34.7. The van der Waals surface area contributed by atoms with Crippen LogP contribution >= 0.6 is 0 Å². The molecule has 4 N–H and O–H groups in total. The van der Waals surface area contributed by atoms with E-state index in [4.69, 9.17) is 10.2 Å². The van der Waals surface area contributed by atoms with E-state index in [1.54, 1.807) is 0 Å². The van der Waals surface area contributed by atoms with Gasteiger partial charge in [-0.05, 0) is 12.8 Å². The van der Waals surface area contributed by atoms with E-state index in [1.807, 2.05) is 0 Å². The molecule has 3 saturated heterocycles. The minimum atomic E-state index is -1.44. The number of hydrogen-bond donors (Lipinski definition) is 4. The zero-order valence-electron chi connectivity index (χ0n) is 24.8. The first-order valence-corrected chi connectivity index (χ1v) is 14.4. The Morgan fingerprint density at radius 3 is 1.47 bits per heavy atom. The third-order valence-corrected chi connectivity index (χ3v) is 6.55. The quantitative estimate of drug-likeness (QED) is 0.0598. The topological polar surface area (TPSA) is 285 Å². The van der Waals surface area contributed by atoms with Crippen molar-refractivity contribution in [2.24, 2.45) is 0 Å². The molecule has 8 amide bonds. The summed E-state index contributed by atoms with van der Waals surface area (Å²) in [5.74, 6) is -9.66. The molecule has 3 heterocycles. The molecule has 254 valence electrons. The van der Waals surface area contributed by atoms with Gasteiger partial charge in [0.25, 0.3) is 35.4 Å². The summed E-state index contributed by atoms with van der Waals surface area (Å²) in [6.07, 6.45) is -2.94. The van der Waals surface area contributed by atoms with Gasteiger partial charge >= 0.3 is 17.9 Å². The SMILES string of the molecule is N=C(NCCCC(NC(=O)CCC(=O)ON1C(=O)CCC1=O)C(=O)ON1C(=O)CCC1=O)NC(=O)CCC(=O)ON1C(=O)CCC1=O. The van der Waals surface area contributed by atoms with E-state index >= 15 is 0 Å². The van der Waals surface area contributed by atoms with Gasteiger partial charge in [0.05, 0.1) is 12.8 Å². The monoisotopic (exact) mass is 665 g/mol. The van der Waals surface area contributed by atoms with Crippen molar-refractivity contribution >= 4 is 71.1 Å². The molecule has 0 saturated carbocycles. The summed E-state index contributed by atoms with van der Waals surface area (Å²) in [5.41, 5.74) is 0. The lowest BCUT2D eigenvalue weighted by molar-refractivity contribution is -0.199. The van der Waals surface area contributed by atoms with Crippen molar-refractivity contribution in [1.29, 1.82) is 5.41 Å². The highest BCUT2D eigenvalue weighted by Gasteiger charge is 2.36. The lowest BCUT2D eigenvalue weighted by Crippen LogP contribution is -2.46. The van der Waals surface area contributed by atoms with Gasteiger partial charge in [-0.15, -0.1) is 15.2 Å². The van der Waals surface area contributed by atoms with Crippen LogP contribution in [0.4, 0.5) is 0 Å². The summed E-state index contributed by atoms with van der Waals surface area (Å²) in [6.45, 7) is -0.0498. The van der Waals surface area contributed by atoms with Crippen LogP contribution in [0, 0.1) is 5.41 Å². The van der Waals surface area contributed by atoms with Gasteiger partial charge in [0, 0.05) is 57.9 Å². The van der Waals surface area contributed by atoms with Crippen LogP contribution in [-0.4, -0.2) is 98.9 Å². The second-order valence-corrected chi connectivity index (χ2v) is 10.2. The molecule has 47 heavy (non-hydrogen) atoms. The smallest absolute Gasteiger partial charge is 0.355 e. The normalized spacial score (nSPS) is 16.7. The van der Waals surface area contributed by atoms with Gasteiger partial charge in [0.1, 0.15) is 6.04 Å². The number of hydroxylamine groups is 6. The van der Waals surface area contributed by atoms with Crippen molar-refractivity contribution in [1.82, 2.24) is 31.1 Å². The lowest BCUT2D eigenvalue weighted by atomic mass is 10.1. The van der Waals surface area contributed by atoms with Crippen LogP contribution in [0.2, 0.25) is 0 Å². The van der Waals surface area contributed by atoms with E-state index in [1.165, 1.54) is 0 Å². The first kappa shape index (κ1) is 35.7. The molecule has 21 nitrogen and oxygen atoms in total. The number of rotatable bonds is 15. The Hall–Kier alpha value is -5.76. The van der Waals surface area contributed by atoms with Crippen LogP contribution in [0.25, 0.3) is 0 Å². The molecule has 0 aromatic carbocycles. The van der Waals surface area contributed by atoms with Gasteiger partial charge < -0.3 is 25.1 Å². The van der Waals surface area contributed by atoms with E-state index in [0.717, 1.165) is 0 Å². The number of guanidine groups is 1. The second-order valence-electron chi connectivity index (χ2n) is 10.2. The van der Waals surface area contributed by atoms with Crippen molar-refractivity contribution in [3.8, 4) is 0 Å². The molecule has 3 rings (SSSR count). The van der Waals surface area contributed by atoms with Crippen LogP contribution in [0.1, 0.15) is 77.0 Å². The number of hydrogen-bond acceptors (Lipinski definition) is 15. The molecule has 0 aliphatic carbocycles. The molecule has 21 heteroatoms. The minimum absolute atomic E-state index is 0.0473. The molecule has 0 bridgehead atoms. The number of amides is 8. The van der Waals surface area contributed by atoms with Crippen LogP contribution in [0.5, 0.6) is 0 Å². The maximum absolute atomic E-state index is 12.8. The van der Waals surface area contributed by atoms with Gasteiger partial charge in [-0.3, -0.25) is 49.1 Å². The molecule has 3 aliphatic rings. The average molecular weight is 666 g/mol. The highest BCUT2D eigenvalue weighted by molar-refractivity contribution is 6.03. The van der Waals surface area contributed by atoms with Gasteiger partial charge in [-0.1, -0.05) is 0 Å². The number of nitrogens with one attached hydrogen (secondary N) is 4. The highest BCUT2D eigenvalue weighted by Crippen LogP contribution is 2.15. The molecule has 1 atom stereocenters. The molecular weight excluding hydrogens is 634 g/mol. The molecule has 0 spiro atoms. The van der Waals surface area contributed by atoms with Crippen molar-refractivity contribution in [2.45, 2.75) is 83.1 Å². The molecule has 1 unspecified atom stereocenters. The summed E-state index contributed by atoms with van der Waals surface area (Å²) in [7, 11) is 0. The standard InChI is InChI=1S/C26H31N7O14/c27-26(30-16(35)4-12-24(43)46-32-19(38)7-8-20(32)39)28-13-1-2-14(25(44)47-33-21(40)9-10-22(33)41)29-15(34)3-11-23(42)45-31-17(36)5-6-18(31)37/h14H,1-13H2,(H,29,34)(H3,27,28,30,35). The van der Waals surface area contributed by atoms with Crippen molar-refractivity contribution in [3.63, 3.8) is 0 Å². The predicted octanol–water partition coefficient (Wildman–Crippen LogP) is -2.73. The molecule has 3 fully saturated rings. The first-order chi connectivity index (χ1) is 22.2. The Balaban J connectivity index is 1.43. The number of nitrogens with zero attached hydrogens (tertiary/aromatic N) is 3. The molecule has 0 radical (unpaired) electrons. The van der Waals surface area contributed by atoms with Crippen LogP contribution in [0.15, 0.2) is 0 Å². The van der Waals surface area contributed by atoms with Gasteiger partial charge in [-0.2, -0.15) is 0 Å². The van der Waals surface area contributed by atoms with Crippen LogP contribution < -0.4 is 16.0 Å². The average Bonchev–Trinajstić information content (AvgIpc) is 3.63. The number of imide groups is 3. The van der Waals surface area contributed by atoms with E-state index in [9.17, 15) is 52.7 Å². The first-order valence-electron chi connectivity index (χ1n) is 14.4. The Morgan fingerprint density at radius 2 is 1.02 bits per heavy atom. The predicted molar refractivity (Wildman–Crippen MR) is 145 cm³/mol. The Labute approximate surface area is 264 Å².